The number of hydrogen-bond donors (Lipinski definition) is 2. The van der Waals surface area contributed by atoms with Crippen LogP contribution in [-0.2, 0) is 0 Å². The van der Waals surface area contributed by atoms with Crippen molar-refractivity contribution in [1.82, 2.24) is 5.32 Å². The molecule has 0 bridgehead atoms. The van der Waals surface area contributed by atoms with Crippen molar-refractivity contribution in [2.45, 2.75) is 83.2 Å². The van der Waals surface area contributed by atoms with Gasteiger partial charge in [0.15, 0.2) is 0 Å². The quantitative estimate of drug-likeness (QED) is 0.755. The Balaban J connectivity index is 2.41. The maximum atomic E-state index is 9.51. The Morgan fingerprint density at radius 3 is 2.19 bits per heavy atom. The Kier molecular flexibility index (Phi) is 6.37. The highest BCUT2D eigenvalue weighted by atomic mass is 16.3. The van der Waals surface area contributed by atoms with Crippen LogP contribution in [0, 0.1) is 0 Å². The molecule has 0 aromatic heterocycles. The van der Waals surface area contributed by atoms with Gasteiger partial charge in [0.05, 0.1) is 6.61 Å². The Bertz CT molecular complexity index is 176. The summed E-state index contributed by atoms with van der Waals surface area (Å²) in [6.45, 7) is 4.61. The molecule has 0 aromatic rings. The van der Waals surface area contributed by atoms with E-state index in [2.05, 4.69) is 19.2 Å². The van der Waals surface area contributed by atoms with Gasteiger partial charge < -0.3 is 10.4 Å². The molecule has 1 fully saturated rings. The van der Waals surface area contributed by atoms with Gasteiger partial charge in [-0.25, -0.2) is 0 Å². The molecule has 0 aromatic carbocycles. The van der Waals surface area contributed by atoms with E-state index >= 15 is 0 Å². The van der Waals surface area contributed by atoms with E-state index < -0.39 is 0 Å². The number of nitrogens with one attached hydrogen (secondary N) is 1. The SMILES string of the molecule is CCCC(C)(CO)NC1CCCCCCC1. The minimum Gasteiger partial charge on any atom is -0.394 e. The molecule has 2 N–H and O–H groups in total. The van der Waals surface area contributed by atoms with Crippen molar-refractivity contribution in [3.8, 4) is 0 Å². The van der Waals surface area contributed by atoms with Crippen LogP contribution in [0.3, 0.4) is 0 Å². The van der Waals surface area contributed by atoms with Crippen molar-refractivity contribution >= 4 is 0 Å². The average Bonchev–Trinajstić information content (AvgIpc) is 2.22. The van der Waals surface area contributed by atoms with Crippen molar-refractivity contribution in [2.75, 3.05) is 6.61 Å². The largest absolute Gasteiger partial charge is 0.394 e. The minimum absolute atomic E-state index is 0.0569. The molecular weight excluding hydrogens is 198 g/mol. The molecule has 1 aliphatic carbocycles. The lowest BCUT2D eigenvalue weighted by Crippen LogP contribution is -2.50. The van der Waals surface area contributed by atoms with E-state index in [1.54, 1.807) is 0 Å². The summed E-state index contributed by atoms with van der Waals surface area (Å²) in [5.41, 5.74) is -0.0569. The first kappa shape index (κ1) is 14.0. The molecule has 0 radical (unpaired) electrons. The van der Waals surface area contributed by atoms with Crippen LogP contribution in [0.4, 0.5) is 0 Å². The molecule has 1 rings (SSSR count). The predicted octanol–water partition coefficient (Wildman–Crippen LogP) is 3.24. The van der Waals surface area contributed by atoms with E-state index in [1.165, 1.54) is 44.9 Å². The van der Waals surface area contributed by atoms with E-state index in [0.717, 1.165) is 12.8 Å². The molecule has 0 amide bonds. The second-order valence-corrected chi connectivity index (χ2v) is 5.66. The zero-order chi connectivity index (χ0) is 11.9. The molecular formula is C14H29NO. The van der Waals surface area contributed by atoms with E-state index in [9.17, 15) is 5.11 Å². The summed E-state index contributed by atoms with van der Waals surface area (Å²) < 4.78 is 0. The highest BCUT2D eigenvalue weighted by Gasteiger charge is 2.25. The molecule has 2 heteroatoms. The summed E-state index contributed by atoms with van der Waals surface area (Å²) >= 11 is 0. The molecule has 1 aliphatic rings. The van der Waals surface area contributed by atoms with Gasteiger partial charge in [-0.15, -0.1) is 0 Å². The normalized spacial score (nSPS) is 23.4. The number of aliphatic hydroxyl groups is 1. The summed E-state index contributed by atoms with van der Waals surface area (Å²) in [5, 5.41) is 13.2. The van der Waals surface area contributed by atoms with E-state index in [4.69, 9.17) is 0 Å². The van der Waals surface area contributed by atoms with Gasteiger partial charge in [0.25, 0.3) is 0 Å². The van der Waals surface area contributed by atoms with Crippen molar-refractivity contribution in [2.24, 2.45) is 0 Å². The topological polar surface area (TPSA) is 32.3 Å². The lowest BCUT2D eigenvalue weighted by molar-refractivity contribution is 0.144. The summed E-state index contributed by atoms with van der Waals surface area (Å²) in [7, 11) is 0. The predicted molar refractivity (Wildman–Crippen MR) is 69.6 cm³/mol. The van der Waals surface area contributed by atoms with Gasteiger partial charge in [0.2, 0.25) is 0 Å². The van der Waals surface area contributed by atoms with Crippen LogP contribution >= 0.6 is 0 Å². The number of rotatable bonds is 5. The third-order valence-corrected chi connectivity index (χ3v) is 3.81. The van der Waals surface area contributed by atoms with Crippen LogP contribution in [0.15, 0.2) is 0 Å². The van der Waals surface area contributed by atoms with E-state index in [0.29, 0.717) is 6.04 Å². The van der Waals surface area contributed by atoms with Crippen LogP contribution in [0.5, 0.6) is 0 Å². The number of hydrogen-bond acceptors (Lipinski definition) is 2. The zero-order valence-electron chi connectivity index (χ0n) is 11.1. The molecule has 16 heavy (non-hydrogen) atoms. The van der Waals surface area contributed by atoms with Crippen molar-refractivity contribution < 1.29 is 5.11 Å². The molecule has 0 heterocycles. The highest BCUT2D eigenvalue weighted by Crippen LogP contribution is 2.21. The van der Waals surface area contributed by atoms with E-state index in [1.807, 2.05) is 0 Å². The third-order valence-electron chi connectivity index (χ3n) is 3.81. The first-order chi connectivity index (χ1) is 7.70. The first-order valence-electron chi connectivity index (χ1n) is 7.09. The fraction of sp³-hybridized carbons (Fsp3) is 1.00. The standard InChI is InChI=1S/C14H29NO/c1-3-11-14(2,12-16)15-13-9-7-5-4-6-8-10-13/h13,15-16H,3-12H2,1-2H3. The molecule has 0 aliphatic heterocycles. The molecule has 2 nitrogen and oxygen atoms in total. The van der Waals surface area contributed by atoms with E-state index in [-0.39, 0.29) is 12.1 Å². The average molecular weight is 227 g/mol. The van der Waals surface area contributed by atoms with Gasteiger partial charge in [0, 0.05) is 11.6 Å². The Morgan fingerprint density at radius 2 is 1.69 bits per heavy atom. The van der Waals surface area contributed by atoms with Gasteiger partial charge in [-0.05, 0) is 26.2 Å². The van der Waals surface area contributed by atoms with Gasteiger partial charge in [0.1, 0.15) is 0 Å². The summed E-state index contributed by atoms with van der Waals surface area (Å²) in [6.07, 6.45) is 11.7. The van der Waals surface area contributed by atoms with Crippen LogP contribution in [0.25, 0.3) is 0 Å². The summed E-state index contributed by atoms with van der Waals surface area (Å²) in [6, 6.07) is 0.629. The highest BCUT2D eigenvalue weighted by molar-refractivity contribution is 4.86. The number of aliphatic hydroxyl groups excluding tert-OH is 1. The van der Waals surface area contributed by atoms with Crippen LogP contribution in [0.1, 0.15) is 71.6 Å². The van der Waals surface area contributed by atoms with Crippen LogP contribution in [0.2, 0.25) is 0 Å². The molecule has 96 valence electrons. The third kappa shape index (κ3) is 4.84. The second-order valence-electron chi connectivity index (χ2n) is 5.66. The monoisotopic (exact) mass is 227 g/mol. The fourth-order valence-electron chi connectivity index (χ4n) is 2.84. The molecule has 0 saturated heterocycles. The lowest BCUT2D eigenvalue weighted by Gasteiger charge is -2.34. The van der Waals surface area contributed by atoms with Crippen LogP contribution in [-0.4, -0.2) is 23.3 Å². The van der Waals surface area contributed by atoms with Gasteiger partial charge in [-0.3, -0.25) is 0 Å². The molecule has 1 saturated carbocycles. The Labute approximate surface area is 101 Å². The van der Waals surface area contributed by atoms with Gasteiger partial charge in [-0.2, -0.15) is 0 Å². The fourth-order valence-corrected chi connectivity index (χ4v) is 2.84. The molecule has 1 atom stereocenters. The molecule has 0 spiro atoms. The summed E-state index contributed by atoms with van der Waals surface area (Å²) in [4.78, 5) is 0. The maximum Gasteiger partial charge on any atom is 0.0610 e. The summed E-state index contributed by atoms with van der Waals surface area (Å²) in [5.74, 6) is 0. The molecule has 1 unspecified atom stereocenters. The van der Waals surface area contributed by atoms with Gasteiger partial charge >= 0.3 is 0 Å². The second kappa shape index (κ2) is 7.29. The van der Waals surface area contributed by atoms with Crippen molar-refractivity contribution in [3.63, 3.8) is 0 Å². The zero-order valence-corrected chi connectivity index (χ0v) is 11.1. The minimum atomic E-state index is -0.0569. The maximum absolute atomic E-state index is 9.51. The lowest BCUT2D eigenvalue weighted by atomic mass is 9.91. The first-order valence-corrected chi connectivity index (χ1v) is 7.09. The van der Waals surface area contributed by atoms with Crippen LogP contribution < -0.4 is 5.32 Å². The Morgan fingerprint density at radius 1 is 1.12 bits per heavy atom. The smallest absolute Gasteiger partial charge is 0.0610 e. The van der Waals surface area contributed by atoms with Gasteiger partial charge in [-0.1, -0.05) is 45.4 Å². The Hall–Kier alpha value is -0.0800. The van der Waals surface area contributed by atoms with Crippen molar-refractivity contribution in [3.05, 3.63) is 0 Å². The van der Waals surface area contributed by atoms with Crippen molar-refractivity contribution in [1.29, 1.82) is 0 Å².